The highest BCUT2D eigenvalue weighted by Crippen LogP contribution is 2.27. The smallest absolute Gasteiger partial charge is 0.242 e. The van der Waals surface area contributed by atoms with Gasteiger partial charge in [0, 0.05) is 12.1 Å². The van der Waals surface area contributed by atoms with Gasteiger partial charge in [-0.3, -0.25) is 4.79 Å². The van der Waals surface area contributed by atoms with Gasteiger partial charge in [-0.15, -0.1) is 0 Å². The molecule has 2 unspecified atom stereocenters. The molecule has 0 aromatic heterocycles. The monoisotopic (exact) mass is 198 g/mol. The van der Waals surface area contributed by atoms with Crippen LogP contribution in [0.15, 0.2) is 0 Å². The fraction of sp³-hybridized carbons (Fsp3) is 0.909. The van der Waals surface area contributed by atoms with Crippen LogP contribution in [0.2, 0.25) is 0 Å². The van der Waals surface area contributed by atoms with Gasteiger partial charge < -0.3 is 10.6 Å². The summed E-state index contributed by atoms with van der Waals surface area (Å²) in [6.45, 7) is 7.81. The van der Waals surface area contributed by atoms with Gasteiger partial charge in [-0.25, -0.2) is 0 Å². The summed E-state index contributed by atoms with van der Waals surface area (Å²) in [7, 11) is 0. The molecule has 0 aromatic rings. The van der Waals surface area contributed by atoms with E-state index in [-0.39, 0.29) is 5.91 Å². The summed E-state index contributed by atoms with van der Waals surface area (Å²) in [6, 6.07) is 0.760. The van der Waals surface area contributed by atoms with E-state index in [4.69, 9.17) is 5.73 Å². The second-order valence-corrected chi connectivity index (χ2v) is 4.92. The first kappa shape index (κ1) is 11.5. The van der Waals surface area contributed by atoms with Crippen LogP contribution in [-0.2, 0) is 4.79 Å². The van der Waals surface area contributed by atoms with Crippen molar-refractivity contribution in [2.45, 2.75) is 64.6 Å². The van der Waals surface area contributed by atoms with Crippen LogP contribution in [0.4, 0.5) is 0 Å². The maximum atomic E-state index is 12.0. The highest BCUT2D eigenvalue weighted by molar-refractivity contribution is 5.86. The zero-order chi connectivity index (χ0) is 10.9. The van der Waals surface area contributed by atoms with E-state index in [1.165, 1.54) is 0 Å². The second kappa shape index (κ2) is 3.89. The summed E-state index contributed by atoms with van der Waals surface area (Å²) >= 11 is 0. The molecule has 2 atom stereocenters. The lowest BCUT2D eigenvalue weighted by Crippen LogP contribution is -2.54. The quantitative estimate of drug-likeness (QED) is 0.731. The Hall–Kier alpha value is -0.570. The molecule has 1 aliphatic heterocycles. The number of hydrogen-bond acceptors (Lipinski definition) is 2. The Morgan fingerprint density at radius 2 is 2.07 bits per heavy atom. The van der Waals surface area contributed by atoms with Gasteiger partial charge >= 0.3 is 0 Å². The zero-order valence-corrected chi connectivity index (χ0v) is 9.71. The number of amides is 1. The molecule has 14 heavy (non-hydrogen) atoms. The van der Waals surface area contributed by atoms with Gasteiger partial charge in [0.05, 0.1) is 5.54 Å². The number of carbonyl (C=O) groups is 1. The minimum atomic E-state index is -0.730. The number of rotatable bonds is 2. The van der Waals surface area contributed by atoms with Gasteiger partial charge in [-0.1, -0.05) is 6.92 Å². The van der Waals surface area contributed by atoms with E-state index >= 15 is 0 Å². The van der Waals surface area contributed by atoms with Gasteiger partial charge in [-0.05, 0) is 40.0 Å². The third-order valence-electron chi connectivity index (χ3n) is 3.04. The van der Waals surface area contributed by atoms with Gasteiger partial charge in [-0.2, -0.15) is 0 Å². The van der Waals surface area contributed by atoms with Crippen molar-refractivity contribution in [2.24, 2.45) is 5.73 Å². The molecule has 0 saturated carbocycles. The van der Waals surface area contributed by atoms with Crippen LogP contribution in [0.5, 0.6) is 0 Å². The van der Waals surface area contributed by atoms with Crippen molar-refractivity contribution < 1.29 is 4.79 Å². The Balaban J connectivity index is 2.79. The summed E-state index contributed by atoms with van der Waals surface area (Å²) < 4.78 is 0. The Labute approximate surface area is 86.6 Å². The fourth-order valence-electron chi connectivity index (χ4n) is 2.17. The number of nitrogens with two attached hydrogens (primary N) is 1. The summed E-state index contributed by atoms with van der Waals surface area (Å²) in [4.78, 5) is 14.0. The van der Waals surface area contributed by atoms with Gasteiger partial charge in [0.15, 0.2) is 0 Å². The predicted octanol–water partition coefficient (Wildman–Crippen LogP) is 1.51. The highest BCUT2D eigenvalue weighted by Gasteiger charge is 2.38. The fourth-order valence-corrected chi connectivity index (χ4v) is 2.17. The van der Waals surface area contributed by atoms with Crippen LogP contribution in [-0.4, -0.2) is 28.4 Å². The van der Waals surface area contributed by atoms with E-state index in [0.29, 0.717) is 12.1 Å². The molecule has 1 rings (SSSR count). The Bertz CT molecular complexity index is 220. The molecule has 2 N–H and O–H groups in total. The molecule has 3 heteroatoms. The molecular weight excluding hydrogens is 176 g/mol. The van der Waals surface area contributed by atoms with E-state index < -0.39 is 5.54 Å². The molecule has 0 aromatic carbocycles. The van der Waals surface area contributed by atoms with Crippen LogP contribution in [0.1, 0.15) is 47.0 Å². The topological polar surface area (TPSA) is 46.3 Å². The molecule has 0 spiro atoms. The van der Waals surface area contributed by atoms with Crippen LogP contribution >= 0.6 is 0 Å². The minimum absolute atomic E-state index is 0.0920. The van der Waals surface area contributed by atoms with Crippen LogP contribution in [0.3, 0.4) is 0 Å². The molecule has 1 saturated heterocycles. The number of hydrogen-bond donors (Lipinski definition) is 1. The zero-order valence-electron chi connectivity index (χ0n) is 9.71. The normalized spacial score (nSPS) is 28.2. The number of nitrogens with zero attached hydrogens (tertiary/aromatic N) is 1. The molecule has 0 aliphatic carbocycles. The molecular formula is C11H22N2O. The summed E-state index contributed by atoms with van der Waals surface area (Å²) in [6.07, 6.45) is 3.27. The first-order chi connectivity index (χ1) is 6.38. The first-order valence-corrected chi connectivity index (χ1v) is 5.49. The van der Waals surface area contributed by atoms with Crippen molar-refractivity contribution in [1.29, 1.82) is 0 Å². The first-order valence-electron chi connectivity index (χ1n) is 5.49. The van der Waals surface area contributed by atoms with E-state index in [1.807, 2.05) is 4.90 Å². The minimum Gasteiger partial charge on any atom is -0.335 e. The highest BCUT2D eigenvalue weighted by atomic mass is 16.2. The Morgan fingerprint density at radius 3 is 2.50 bits per heavy atom. The lowest BCUT2D eigenvalue weighted by atomic mass is 10.0. The maximum absolute atomic E-state index is 12.0. The SMILES string of the molecule is CCC1CCC(C)N1C(=O)C(C)(C)N. The third-order valence-corrected chi connectivity index (χ3v) is 3.04. The second-order valence-electron chi connectivity index (χ2n) is 4.92. The van der Waals surface area contributed by atoms with Crippen molar-refractivity contribution in [3.8, 4) is 0 Å². The van der Waals surface area contributed by atoms with Gasteiger partial charge in [0.1, 0.15) is 0 Å². The average Bonchev–Trinajstić information content (AvgIpc) is 2.43. The third kappa shape index (κ3) is 2.08. The summed E-state index contributed by atoms with van der Waals surface area (Å²) in [5.74, 6) is 0.0920. The largest absolute Gasteiger partial charge is 0.335 e. The summed E-state index contributed by atoms with van der Waals surface area (Å²) in [5.41, 5.74) is 5.12. The molecule has 1 aliphatic rings. The maximum Gasteiger partial charge on any atom is 0.242 e. The van der Waals surface area contributed by atoms with Crippen LogP contribution in [0.25, 0.3) is 0 Å². The van der Waals surface area contributed by atoms with E-state index in [2.05, 4.69) is 13.8 Å². The van der Waals surface area contributed by atoms with E-state index in [0.717, 1.165) is 19.3 Å². The van der Waals surface area contributed by atoms with E-state index in [1.54, 1.807) is 13.8 Å². The van der Waals surface area contributed by atoms with Crippen LogP contribution < -0.4 is 5.73 Å². The standard InChI is InChI=1S/C11H22N2O/c1-5-9-7-6-8(2)13(9)10(14)11(3,4)12/h8-9H,5-7,12H2,1-4H3. The molecule has 0 bridgehead atoms. The lowest BCUT2D eigenvalue weighted by molar-refractivity contribution is -0.138. The molecule has 0 radical (unpaired) electrons. The Kier molecular flexibility index (Phi) is 3.20. The molecule has 82 valence electrons. The van der Waals surface area contributed by atoms with E-state index in [9.17, 15) is 4.79 Å². The summed E-state index contributed by atoms with van der Waals surface area (Å²) in [5, 5.41) is 0. The lowest BCUT2D eigenvalue weighted by Gasteiger charge is -2.33. The molecule has 1 heterocycles. The van der Waals surface area contributed by atoms with Gasteiger partial charge in [0.25, 0.3) is 0 Å². The predicted molar refractivity (Wildman–Crippen MR) is 57.9 cm³/mol. The van der Waals surface area contributed by atoms with Crippen molar-refractivity contribution >= 4 is 5.91 Å². The van der Waals surface area contributed by atoms with Gasteiger partial charge in [0.2, 0.25) is 5.91 Å². The average molecular weight is 198 g/mol. The van der Waals surface area contributed by atoms with Crippen molar-refractivity contribution in [3.05, 3.63) is 0 Å². The van der Waals surface area contributed by atoms with Crippen molar-refractivity contribution in [3.63, 3.8) is 0 Å². The molecule has 1 fully saturated rings. The number of likely N-dealkylation sites (tertiary alicyclic amines) is 1. The Morgan fingerprint density at radius 1 is 1.50 bits per heavy atom. The van der Waals surface area contributed by atoms with Crippen molar-refractivity contribution in [2.75, 3.05) is 0 Å². The van der Waals surface area contributed by atoms with Crippen LogP contribution in [0, 0.1) is 0 Å². The molecule has 1 amide bonds. The molecule has 3 nitrogen and oxygen atoms in total. The number of carbonyl (C=O) groups excluding carboxylic acids is 1. The van der Waals surface area contributed by atoms with Crippen molar-refractivity contribution in [1.82, 2.24) is 4.90 Å².